The van der Waals surface area contributed by atoms with Crippen molar-refractivity contribution < 1.29 is 4.79 Å². The summed E-state index contributed by atoms with van der Waals surface area (Å²) in [6, 6.07) is 6.30. The van der Waals surface area contributed by atoms with Gasteiger partial charge in [0.05, 0.1) is 22.8 Å². The van der Waals surface area contributed by atoms with E-state index in [4.69, 9.17) is 11.6 Å². The molecule has 1 saturated carbocycles. The van der Waals surface area contributed by atoms with Gasteiger partial charge in [-0.2, -0.15) is 5.10 Å². The summed E-state index contributed by atoms with van der Waals surface area (Å²) in [5.41, 5.74) is 8.54. The van der Waals surface area contributed by atoms with Gasteiger partial charge in [0.2, 0.25) is 5.13 Å². The molecule has 1 aliphatic carbocycles. The molecule has 2 aromatic heterocycles. The number of carbonyl (C=O) groups is 1. The van der Waals surface area contributed by atoms with Crippen LogP contribution in [-0.4, -0.2) is 49.9 Å². The van der Waals surface area contributed by atoms with E-state index in [9.17, 15) is 4.79 Å². The standard InChI is InChI=1S/C20H22BrClN8OS/c1-30-9-11(7-24-30)18(31)25-16-6-10(2-3-13(16)21)19-28-29-20(32-19)26-15-5-4-14-12(17(15)22)8-23-27-14/h2-3,6-7,9,12,14-15,17,23,27H,4-5,8H2,1H3,(H,25,31)(H,26,29). The van der Waals surface area contributed by atoms with Crippen molar-refractivity contribution in [2.75, 3.05) is 17.2 Å². The first-order valence-electron chi connectivity index (χ1n) is 10.3. The molecule has 2 fully saturated rings. The smallest absolute Gasteiger partial charge is 0.258 e. The lowest BCUT2D eigenvalue weighted by molar-refractivity contribution is 0.102. The number of amides is 1. The highest BCUT2D eigenvalue weighted by atomic mass is 79.9. The summed E-state index contributed by atoms with van der Waals surface area (Å²) in [5.74, 6) is 0.169. The summed E-state index contributed by atoms with van der Waals surface area (Å²) in [5, 5.41) is 20.7. The van der Waals surface area contributed by atoms with Crippen molar-refractivity contribution in [3.63, 3.8) is 0 Å². The van der Waals surface area contributed by atoms with Crippen LogP contribution in [0, 0.1) is 5.92 Å². The molecular weight excluding hydrogens is 516 g/mol. The van der Waals surface area contributed by atoms with Crippen LogP contribution in [0.2, 0.25) is 0 Å². The van der Waals surface area contributed by atoms with Crippen molar-refractivity contribution in [2.45, 2.75) is 30.3 Å². The van der Waals surface area contributed by atoms with Crippen LogP contribution in [0.15, 0.2) is 35.1 Å². The molecule has 32 heavy (non-hydrogen) atoms. The number of hydrazine groups is 1. The first-order chi connectivity index (χ1) is 15.5. The Morgan fingerprint density at radius 2 is 2.22 bits per heavy atom. The predicted octanol–water partition coefficient (Wildman–Crippen LogP) is 3.23. The Morgan fingerprint density at radius 1 is 1.34 bits per heavy atom. The van der Waals surface area contributed by atoms with E-state index in [1.807, 2.05) is 18.2 Å². The number of rotatable bonds is 5. The number of nitrogens with one attached hydrogen (secondary N) is 4. The van der Waals surface area contributed by atoms with Crippen molar-refractivity contribution in [2.24, 2.45) is 13.0 Å². The number of halogens is 2. The molecule has 4 N–H and O–H groups in total. The fourth-order valence-electron chi connectivity index (χ4n) is 4.19. The molecule has 9 nitrogen and oxygen atoms in total. The summed E-state index contributed by atoms with van der Waals surface area (Å²) in [4.78, 5) is 12.5. The fraction of sp³-hybridized carbons (Fsp3) is 0.400. The lowest BCUT2D eigenvalue weighted by Crippen LogP contribution is -2.47. The zero-order chi connectivity index (χ0) is 22.2. The first kappa shape index (κ1) is 21.8. The number of hydrogen-bond donors (Lipinski definition) is 4. The maximum absolute atomic E-state index is 12.5. The van der Waals surface area contributed by atoms with Crippen molar-refractivity contribution in [3.8, 4) is 10.6 Å². The van der Waals surface area contributed by atoms with E-state index >= 15 is 0 Å². The van der Waals surface area contributed by atoms with Crippen LogP contribution in [0.4, 0.5) is 10.8 Å². The van der Waals surface area contributed by atoms with Crippen molar-refractivity contribution in [3.05, 3.63) is 40.6 Å². The topological polar surface area (TPSA) is 109 Å². The Labute approximate surface area is 202 Å². The normalized spacial score (nSPS) is 24.8. The SMILES string of the molecule is Cn1cc(C(=O)Nc2cc(-c3nnc(NC4CCC5NNCC5C4Cl)s3)ccc2Br)cn1. The minimum absolute atomic E-state index is 0.0190. The Balaban J connectivity index is 1.29. The Hall–Kier alpha value is -2.05. The number of carbonyl (C=O) groups excluding carboxylic acids is 1. The van der Waals surface area contributed by atoms with Gasteiger partial charge in [0.25, 0.3) is 5.91 Å². The maximum atomic E-state index is 12.5. The second-order valence-corrected chi connectivity index (χ2v) is 10.4. The lowest BCUT2D eigenvalue weighted by Gasteiger charge is -2.35. The van der Waals surface area contributed by atoms with Crippen LogP contribution in [0.1, 0.15) is 23.2 Å². The lowest BCUT2D eigenvalue weighted by atomic mass is 9.82. The van der Waals surface area contributed by atoms with Gasteiger partial charge >= 0.3 is 0 Å². The molecule has 1 amide bonds. The summed E-state index contributed by atoms with van der Waals surface area (Å²) in [6.45, 7) is 0.880. The second kappa shape index (κ2) is 9.06. The van der Waals surface area contributed by atoms with E-state index < -0.39 is 0 Å². The van der Waals surface area contributed by atoms with Crippen LogP contribution in [0.25, 0.3) is 10.6 Å². The molecule has 1 aliphatic heterocycles. The van der Waals surface area contributed by atoms with E-state index in [0.717, 1.165) is 39.6 Å². The van der Waals surface area contributed by atoms with Gasteiger partial charge < -0.3 is 10.6 Å². The minimum Gasteiger partial charge on any atom is -0.356 e. The molecule has 1 aromatic carbocycles. The molecule has 168 valence electrons. The van der Waals surface area contributed by atoms with Gasteiger partial charge in [0.1, 0.15) is 5.01 Å². The number of nitrogens with zero attached hydrogens (tertiary/aromatic N) is 4. The van der Waals surface area contributed by atoms with Crippen LogP contribution in [0.5, 0.6) is 0 Å². The molecule has 2 aliphatic rings. The Kier molecular flexibility index (Phi) is 6.17. The van der Waals surface area contributed by atoms with Gasteiger partial charge in [0.15, 0.2) is 0 Å². The predicted molar refractivity (Wildman–Crippen MR) is 129 cm³/mol. The largest absolute Gasteiger partial charge is 0.356 e. The molecule has 0 spiro atoms. The van der Waals surface area contributed by atoms with E-state index in [-0.39, 0.29) is 17.3 Å². The highest BCUT2D eigenvalue weighted by Crippen LogP contribution is 2.36. The molecule has 0 radical (unpaired) electrons. The van der Waals surface area contributed by atoms with Crippen LogP contribution in [-0.2, 0) is 7.05 Å². The summed E-state index contributed by atoms with van der Waals surface area (Å²) in [7, 11) is 1.77. The van der Waals surface area contributed by atoms with Gasteiger partial charge in [-0.25, -0.2) is 0 Å². The number of aryl methyl sites for hydroxylation is 1. The van der Waals surface area contributed by atoms with E-state index in [0.29, 0.717) is 23.2 Å². The summed E-state index contributed by atoms with van der Waals surface area (Å²) < 4.78 is 2.37. The van der Waals surface area contributed by atoms with Gasteiger partial charge in [-0.1, -0.05) is 17.4 Å². The number of benzene rings is 1. The number of fused-ring (bicyclic) bond motifs is 1. The average Bonchev–Trinajstić information content (AvgIpc) is 3.53. The third kappa shape index (κ3) is 4.40. The van der Waals surface area contributed by atoms with Crippen molar-refractivity contribution in [1.29, 1.82) is 0 Å². The van der Waals surface area contributed by atoms with Crippen molar-refractivity contribution in [1.82, 2.24) is 30.8 Å². The fourth-order valence-corrected chi connectivity index (χ4v) is 5.79. The molecule has 3 aromatic rings. The highest BCUT2D eigenvalue weighted by molar-refractivity contribution is 9.10. The molecule has 4 atom stereocenters. The van der Waals surface area contributed by atoms with Gasteiger partial charge in [-0.05, 0) is 40.9 Å². The molecule has 0 bridgehead atoms. The second-order valence-electron chi connectivity index (χ2n) is 8.03. The number of aromatic nitrogens is 4. The van der Waals surface area contributed by atoms with Gasteiger partial charge in [-0.3, -0.25) is 20.3 Å². The molecule has 1 saturated heterocycles. The van der Waals surface area contributed by atoms with Crippen LogP contribution >= 0.6 is 38.9 Å². The molecular formula is C20H22BrClN8OS. The van der Waals surface area contributed by atoms with E-state index in [1.165, 1.54) is 17.5 Å². The average molecular weight is 538 g/mol. The number of alkyl halides is 1. The maximum Gasteiger partial charge on any atom is 0.258 e. The summed E-state index contributed by atoms with van der Waals surface area (Å²) >= 11 is 11.7. The monoisotopic (exact) mass is 536 g/mol. The zero-order valence-electron chi connectivity index (χ0n) is 17.2. The van der Waals surface area contributed by atoms with Gasteiger partial charge in [-0.15, -0.1) is 21.8 Å². The first-order valence-corrected chi connectivity index (χ1v) is 12.3. The quantitative estimate of drug-likeness (QED) is 0.370. The third-order valence-corrected chi connectivity index (χ3v) is 8.11. The Morgan fingerprint density at radius 3 is 3.03 bits per heavy atom. The van der Waals surface area contributed by atoms with E-state index in [1.54, 1.807) is 17.9 Å². The van der Waals surface area contributed by atoms with Crippen molar-refractivity contribution >= 4 is 55.6 Å². The minimum atomic E-state index is -0.227. The Bertz CT molecular complexity index is 1140. The van der Waals surface area contributed by atoms with E-state index in [2.05, 4.69) is 52.7 Å². The zero-order valence-corrected chi connectivity index (χ0v) is 20.3. The molecule has 3 heterocycles. The number of anilines is 2. The van der Waals surface area contributed by atoms with Crippen LogP contribution in [0.3, 0.4) is 0 Å². The van der Waals surface area contributed by atoms with Crippen LogP contribution < -0.4 is 21.5 Å². The molecule has 4 unspecified atom stereocenters. The highest BCUT2D eigenvalue weighted by Gasteiger charge is 2.41. The number of hydrogen-bond acceptors (Lipinski definition) is 8. The summed E-state index contributed by atoms with van der Waals surface area (Å²) in [6.07, 6.45) is 5.24. The third-order valence-electron chi connectivity index (χ3n) is 5.89. The molecule has 12 heteroatoms. The molecule has 5 rings (SSSR count). The van der Waals surface area contributed by atoms with Gasteiger partial charge in [0, 0.05) is 47.8 Å².